The zero-order valence-corrected chi connectivity index (χ0v) is 17.0. The zero-order chi connectivity index (χ0) is 21.0. The van der Waals surface area contributed by atoms with Gasteiger partial charge in [-0.3, -0.25) is 0 Å². The molecule has 0 saturated heterocycles. The molecule has 2 aliphatic rings. The summed E-state index contributed by atoms with van der Waals surface area (Å²) in [7, 11) is 1.53. The fraction of sp³-hybridized carbons (Fsp3) is 0.429. The molecule has 156 valence electrons. The second-order valence-electron chi connectivity index (χ2n) is 6.57. The predicted molar refractivity (Wildman–Crippen MR) is 103 cm³/mol. The Morgan fingerprint density at radius 1 is 1.07 bits per heavy atom. The smallest absolute Gasteiger partial charge is 0.336 e. The van der Waals surface area contributed by atoms with E-state index < -0.39 is 17.9 Å². The van der Waals surface area contributed by atoms with Gasteiger partial charge in [-0.15, -0.1) is 0 Å². The number of dihydropyridines is 1. The maximum absolute atomic E-state index is 13.0. The summed E-state index contributed by atoms with van der Waals surface area (Å²) in [5.41, 5.74) is 2.50. The number of allylic oxidation sites excluding steroid dienone is 2. The summed E-state index contributed by atoms with van der Waals surface area (Å²) in [4.78, 5) is 25.8. The molecule has 1 aromatic carbocycles. The van der Waals surface area contributed by atoms with Crippen LogP contribution in [0.4, 0.5) is 0 Å². The predicted octanol–water partition coefficient (Wildman–Crippen LogP) is 2.40. The molecule has 3 rings (SSSR count). The van der Waals surface area contributed by atoms with Crippen molar-refractivity contribution < 1.29 is 33.3 Å². The summed E-state index contributed by atoms with van der Waals surface area (Å²) in [6.45, 7) is 5.94. The van der Waals surface area contributed by atoms with E-state index in [0.717, 1.165) is 0 Å². The largest absolute Gasteiger partial charge is 0.463 e. The third-order valence-electron chi connectivity index (χ3n) is 4.73. The molecular formula is C21H25NO7. The van der Waals surface area contributed by atoms with Crippen molar-refractivity contribution in [3.63, 3.8) is 0 Å². The van der Waals surface area contributed by atoms with E-state index in [2.05, 4.69) is 5.32 Å². The molecule has 1 atom stereocenters. The lowest BCUT2D eigenvalue weighted by molar-refractivity contribution is -0.140. The lowest BCUT2D eigenvalue weighted by atomic mass is 9.80. The molecule has 1 aromatic rings. The Labute approximate surface area is 169 Å². The average Bonchev–Trinajstić information content (AvgIpc) is 3.16. The van der Waals surface area contributed by atoms with Gasteiger partial charge in [-0.05, 0) is 26.8 Å². The van der Waals surface area contributed by atoms with Gasteiger partial charge in [0.05, 0.1) is 30.3 Å². The van der Waals surface area contributed by atoms with Crippen molar-refractivity contribution in [2.45, 2.75) is 26.7 Å². The van der Waals surface area contributed by atoms with E-state index in [1.54, 1.807) is 32.9 Å². The fourth-order valence-corrected chi connectivity index (χ4v) is 3.53. The van der Waals surface area contributed by atoms with Gasteiger partial charge in [0, 0.05) is 24.1 Å². The van der Waals surface area contributed by atoms with Crippen molar-refractivity contribution in [3.05, 3.63) is 46.3 Å². The van der Waals surface area contributed by atoms with Crippen molar-refractivity contribution in [2.24, 2.45) is 0 Å². The lowest BCUT2D eigenvalue weighted by Crippen LogP contribution is -2.33. The first kappa shape index (κ1) is 20.7. The summed E-state index contributed by atoms with van der Waals surface area (Å²) >= 11 is 0. The molecule has 2 aliphatic heterocycles. The summed E-state index contributed by atoms with van der Waals surface area (Å²) in [6.07, 6.45) is 0. The number of carbonyl (C=O) groups is 2. The standard InChI is InChI=1S/C21H25NO7/c1-5-26-20(23)16-12(2)22-13(3)17(21(24)27-10-9-25-4)18(16)14-7-6-8-15-19(14)29-11-28-15/h6-8,18,22H,5,9-11H2,1-4H3. The van der Waals surface area contributed by atoms with Gasteiger partial charge in [-0.1, -0.05) is 12.1 Å². The van der Waals surface area contributed by atoms with Gasteiger partial charge in [0.2, 0.25) is 6.79 Å². The molecule has 0 fully saturated rings. The molecule has 0 spiro atoms. The van der Waals surface area contributed by atoms with Crippen LogP contribution in [0.2, 0.25) is 0 Å². The Bertz CT molecular complexity index is 872. The summed E-state index contributed by atoms with van der Waals surface area (Å²) < 4.78 is 26.8. The Morgan fingerprint density at radius 2 is 1.76 bits per heavy atom. The van der Waals surface area contributed by atoms with Crippen molar-refractivity contribution in [2.75, 3.05) is 33.7 Å². The number of nitrogens with one attached hydrogen (secondary N) is 1. The quantitative estimate of drug-likeness (QED) is 0.548. The van der Waals surface area contributed by atoms with E-state index in [1.807, 2.05) is 6.07 Å². The number of hydrogen-bond acceptors (Lipinski definition) is 8. The van der Waals surface area contributed by atoms with Gasteiger partial charge in [-0.2, -0.15) is 0 Å². The number of hydrogen-bond donors (Lipinski definition) is 1. The average molecular weight is 403 g/mol. The maximum Gasteiger partial charge on any atom is 0.336 e. The maximum atomic E-state index is 13.0. The molecule has 0 bridgehead atoms. The van der Waals surface area contributed by atoms with Crippen molar-refractivity contribution in [1.29, 1.82) is 0 Å². The molecule has 0 aliphatic carbocycles. The number of esters is 2. The van der Waals surface area contributed by atoms with Gasteiger partial charge in [-0.25, -0.2) is 9.59 Å². The number of fused-ring (bicyclic) bond motifs is 1. The Hall–Kier alpha value is -3.00. The van der Waals surface area contributed by atoms with Crippen LogP contribution in [-0.4, -0.2) is 45.7 Å². The van der Waals surface area contributed by atoms with E-state index >= 15 is 0 Å². The highest BCUT2D eigenvalue weighted by Gasteiger charge is 2.40. The highest BCUT2D eigenvalue weighted by molar-refractivity contribution is 6.00. The van der Waals surface area contributed by atoms with Crippen LogP contribution in [0.15, 0.2) is 40.7 Å². The van der Waals surface area contributed by atoms with Crippen LogP contribution in [0.1, 0.15) is 32.3 Å². The van der Waals surface area contributed by atoms with Crippen LogP contribution in [-0.2, 0) is 23.8 Å². The van der Waals surface area contributed by atoms with Gasteiger partial charge in [0.15, 0.2) is 11.5 Å². The molecule has 0 radical (unpaired) electrons. The Balaban J connectivity index is 2.11. The molecule has 1 unspecified atom stereocenters. The minimum absolute atomic E-state index is 0.0745. The molecule has 0 amide bonds. The fourth-order valence-electron chi connectivity index (χ4n) is 3.53. The second-order valence-corrected chi connectivity index (χ2v) is 6.57. The van der Waals surface area contributed by atoms with Crippen LogP contribution < -0.4 is 14.8 Å². The molecule has 0 saturated carbocycles. The third kappa shape index (κ3) is 4.07. The van der Waals surface area contributed by atoms with Crippen molar-refractivity contribution >= 4 is 11.9 Å². The van der Waals surface area contributed by atoms with Crippen LogP contribution in [0.5, 0.6) is 11.5 Å². The van der Waals surface area contributed by atoms with Crippen LogP contribution >= 0.6 is 0 Å². The zero-order valence-electron chi connectivity index (χ0n) is 17.0. The highest BCUT2D eigenvalue weighted by atomic mass is 16.7. The molecule has 0 aromatic heterocycles. The van der Waals surface area contributed by atoms with E-state index in [0.29, 0.717) is 39.6 Å². The number of carbonyl (C=O) groups excluding carboxylic acids is 2. The Morgan fingerprint density at radius 3 is 2.41 bits per heavy atom. The van der Waals surface area contributed by atoms with Gasteiger partial charge in [0.25, 0.3) is 0 Å². The third-order valence-corrected chi connectivity index (χ3v) is 4.73. The number of methoxy groups -OCH3 is 1. The van der Waals surface area contributed by atoms with E-state index in [4.69, 9.17) is 23.7 Å². The molecule has 1 N–H and O–H groups in total. The van der Waals surface area contributed by atoms with Gasteiger partial charge in [0.1, 0.15) is 6.61 Å². The van der Waals surface area contributed by atoms with Crippen LogP contribution in [0.3, 0.4) is 0 Å². The number of rotatable bonds is 7. The molecule has 8 nitrogen and oxygen atoms in total. The normalized spacial score (nSPS) is 17.9. The molecule has 29 heavy (non-hydrogen) atoms. The summed E-state index contributed by atoms with van der Waals surface area (Å²) in [5.74, 6) is -0.700. The first-order valence-corrected chi connectivity index (χ1v) is 9.39. The number of para-hydroxylation sites is 1. The van der Waals surface area contributed by atoms with Crippen molar-refractivity contribution in [3.8, 4) is 11.5 Å². The first-order valence-electron chi connectivity index (χ1n) is 9.39. The molecule has 8 heteroatoms. The first-order chi connectivity index (χ1) is 14.0. The monoisotopic (exact) mass is 403 g/mol. The van der Waals surface area contributed by atoms with Crippen molar-refractivity contribution in [1.82, 2.24) is 5.32 Å². The molecule has 2 heterocycles. The van der Waals surface area contributed by atoms with E-state index in [-0.39, 0.29) is 26.6 Å². The van der Waals surface area contributed by atoms with E-state index in [1.165, 1.54) is 7.11 Å². The second kappa shape index (κ2) is 9.00. The minimum atomic E-state index is -0.720. The van der Waals surface area contributed by atoms with Gasteiger partial charge < -0.3 is 29.0 Å². The summed E-state index contributed by atoms with van der Waals surface area (Å²) in [5, 5.41) is 3.11. The number of benzene rings is 1. The summed E-state index contributed by atoms with van der Waals surface area (Å²) in [6, 6.07) is 5.39. The van der Waals surface area contributed by atoms with Crippen LogP contribution in [0, 0.1) is 0 Å². The minimum Gasteiger partial charge on any atom is -0.463 e. The lowest BCUT2D eigenvalue weighted by Gasteiger charge is -2.30. The Kier molecular flexibility index (Phi) is 6.43. The molecular weight excluding hydrogens is 378 g/mol. The SMILES string of the molecule is CCOC(=O)C1=C(C)NC(C)=C(C(=O)OCCOC)C1c1cccc2c1OCO2. The van der Waals surface area contributed by atoms with E-state index in [9.17, 15) is 9.59 Å². The van der Waals surface area contributed by atoms with Crippen LogP contribution in [0.25, 0.3) is 0 Å². The topological polar surface area (TPSA) is 92.3 Å². The van der Waals surface area contributed by atoms with Gasteiger partial charge >= 0.3 is 11.9 Å². The highest BCUT2D eigenvalue weighted by Crippen LogP contribution is 2.47. The number of ether oxygens (including phenoxy) is 5.